The number of rotatable bonds is 4. The van der Waals surface area contributed by atoms with Gasteiger partial charge in [0.05, 0.1) is 17.1 Å². The van der Waals surface area contributed by atoms with Crippen molar-refractivity contribution in [2.45, 2.75) is 6.92 Å². The lowest BCUT2D eigenvalue weighted by Crippen LogP contribution is -2.23. The Bertz CT molecular complexity index is 1520. The predicted octanol–water partition coefficient (Wildman–Crippen LogP) is 2.44. The summed E-state index contributed by atoms with van der Waals surface area (Å²) < 4.78 is 1.75. The molecule has 5 aromatic rings. The first kappa shape index (κ1) is 18.7. The molecule has 0 atom stereocenters. The lowest BCUT2D eigenvalue weighted by atomic mass is 10.1. The molecule has 0 spiro atoms. The maximum absolute atomic E-state index is 4.71. The number of fused-ring (bicyclic) bond motifs is 1. The van der Waals surface area contributed by atoms with E-state index in [0.29, 0.717) is 17.2 Å². The molecule has 0 amide bonds. The summed E-state index contributed by atoms with van der Waals surface area (Å²) in [6.45, 7) is 6.17. The minimum absolute atomic E-state index is 0.624. The van der Waals surface area contributed by atoms with Gasteiger partial charge in [-0.25, -0.2) is 9.97 Å². The van der Waals surface area contributed by atoms with Crippen molar-refractivity contribution in [1.82, 2.24) is 39.9 Å². The first-order valence-corrected chi connectivity index (χ1v) is 9.80. The van der Waals surface area contributed by atoms with E-state index in [0.717, 1.165) is 38.3 Å². The standard InChI is InChI=1S/C23H20N8/c1-4-19-18(10-14(2)16-12-26-31(3)13-16)21(30-29-19)23-27-20-17(7-9-25-22(20)28-23)15-6-5-8-24-11-15/h4-13,29H,2H2,1,3H3,(H,25,27,28)/b18-10+,19-4+. The Morgan fingerprint density at radius 2 is 2.10 bits per heavy atom. The minimum atomic E-state index is 0.624. The van der Waals surface area contributed by atoms with Gasteiger partial charge in [-0.1, -0.05) is 18.7 Å². The smallest absolute Gasteiger partial charge is 0.178 e. The van der Waals surface area contributed by atoms with Crippen LogP contribution in [0, 0.1) is 0 Å². The summed E-state index contributed by atoms with van der Waals surface area (Å²) in [6, 6.07) is 5.87. The van der Waals surface area contributed by atoms with Gasteiger partial charge in [-0.05, 0) is 30.7 Å². The van der Waals surface area contributed by atoms with Gasteiger partial charge in [-0.15, -0.1) is 0 Å². The van der Waals surface area contributed by atoms with Crippen LogP contribution in [0.15, 0.2) is 55.8 Å². The Balaban J connectivity index is 1.68. The molecule has 0 saturated heterocycles. The summed E-state index contributed by atoms with van der Waals surface area (Å²) >= 11 is 0. The van der Waals surface area contributed by atoms with Crippen LogP contribution in [-0.2, 0) is 7.05 Å². The van der Waals surface area contributed by atoms with E-state index in [2.05, 4.69) is 36.8 Å². The average Bonchev–Trinajstić information content (AvgIpc) is 3.51. The molecule has 5 aromatic heterocycles. The molecule has 0 aliphatic heterocycles. The highest BCUT2D eigenvalue weighted by atomic mass is 15.2. The third-order valence-corrected chi connectivity index (χ3v) is 5.11. The number of aromatic amines is 2. The number of imidazole rings is 1. The van der Waals surface area contributed by atoms with Crippen LogP contribution in [-0.4, -0.2) is 39.9 Å². The quantitative estimate of drug-likeness (QED) is 0.476. The molecule has 8 heteroatoms. The first-order chi connectivity index (χ1) is 15.1. The number of nitrogens with zero attached hydrogens (tertiary/aromatic N) is 6. The highest BCUT2D eigenvalue weighted by Crippen LogP contribution is 2.26. The normalized spacial score (nSPS) is 12.7. The van der Waals surface area contributed by atoms with Gasteiger partial charge < -0.3 is 4.98 Å². The number of aryl methyl sites for hydroxylation is 1. The maximum Gasteiger partial charge on any atom is 0.178 e. The fraction of sp³-hybridized carbons (Fsp3) is 0.0870. The summed E-state index contributed by atoms with van der Waals surface area (Å²) in [4.78, 5) is 16.8. The van der Waals surface area contributed by atoms with E-state index in [4.69, 9.17) is 4.98 Å². The number of hydrogen-bond acceptors (Lipinski definition) is 5. The second kappa shape index (κ2) is 7.49. The fourth-order valence-corrected chi connectivity index (χ4v) is 3.54. The van der Waals surface area contributed by atoms with Crippen LogP contribution in [0.5, 0.6) is 0 Å². The van der Waals surface area contributed by atoms with Gasteiger partial charge in [-0.3, -0.25) is 14.8 Å². The van der Waals surface area contributed by atoms with Crippen molar-refractivity contribution < 1.29 is 0 Å². The predicted molar refractivity (Wildman–Crippen MR) is 121 cm³/mol. The number of aromatic nitrogens is 8. The van der Waals surface area contributed by atoms with E-state index < -0.39 is 0 Å². The molecule has 31 heavy (non-hydrogen) atoms. The van der Waals surface area contributed by atoms with E-state index in [1.54, 1.807) is 23.3 Å². The molecule has 0 saturated carbocycles. The van der Waals surface area contributed by atoms with Gasteiger partial charge in [0, 0.05) is 53.7 Å². The van der Waals surface area contributed by atoms with Crippen LogP contribution in [0.4, 0.5) is 0 Å². The van der Waals surface area contributed by atoms with Crippen molar-refractivity contribution >= 4 is 28.9 Å². The van der Waals surface area contributed by atoms with Crippen molar-refractivity contribution in [2.24, 2.45) is 7.05 Å². The number of hydrogen-bond donors (Lipinski definition) is 2. The van der Waals surface area contributed by atoms with Crippen molar-refractivity contribution in [3.05, 3.63) is 71.9 Å². The Kier molecular flexibility index (Phi) is 4.51. The fourth-order valence-electron chi connectivity index (χ4n) is 3.54. The summed E-state index contributed by atoms with van der Waals surface area (Å²) in [5, 5.41) is 13.6. The van der Waals surface area contributed by atoms with Crippen LogP contribution in [0.25, 0.3) is 51.5 Å². The molecule has 0 fully saturated rings. The van der Waals surface area contributed by atoms with Crippen LogP contribution in [0.2, 0.25) is 0 Å². The van der Waals surface area contributed by atoms with Gasteiger partial charge in [0.2, 0.25) is 0 Å². The molecule has 0 aromatic carbocycles. The number of pyridine rings is 2. The Hall–Kier alpha value is -4.33. The zero-order valence-electron chi connectivity index (χ0n) is 17.2. The number of nitrogens with one attached hydrogen (secondary N) is 2. The number of H-pyrrole nitrogens is 2. The third kappa shape index (κ3) is 3.33. The molecule has 0 aliphatic carbocycles. The average molecular weight is 408 g/mol. The summed E-state index contributed by atoms with van der Waals surface area (Å²) in [5.74, 6) is 0.633. The highest BCUT2D eigenvalue weighted by molar-refractivity contribution is 5.91. The molecular weight excluding hydrogens is 388 g/mol. The lowest BCUT2D eigenvalue weighted by molar-refractivity contribution is 0.767. The molecule has 5 heterocycles. The van der Waals surface area contributed by atoms with E-state index in [1.807, 2.05) is 56.7 Å². The van der Waals surface area contributed by atoms with E-state index >= 15 is 0 Å². The zero-order valence-corrected chi connectivity index (χ0v) is 17.2. The Morgan fingerprint density at radius 3 is 2.84 bits per heavy atom. The molecule has 5 rings (SSSR count). The highest BCUT2D eigenvalue weighted by Gasteiger charge is 2.15. The summed E-state index contributed by atoms with van der Waals surface area (Å²) in [7, 11) is 1.88. The van der Waals surface area contributed by atoms with Crippen LogP contribution < -0.4 is 10.6 Å². The lowest BCUT2D eigenvalue weighted by Gasteiger charge is -2.01. The Morgan fingerprint density at radius 1 is 1.19 bits per heavy atom. The zero-order chi connectivity index (χ0) is 21.4. The minimum Gasteiger partial charge on any atom is -0.335 e. The van der Waals surface area contributed by atoms with E-state index in [-0.39, 0.29) is 0 Å². The van der Waals surface area contributed by atoms with Crippen LogP contribution in [0.1, 0.15) is 12.5 Å². The van der Waals surface area contributed by atoms with Gasteiger partial charge >= 0.3 is 0 Å². The Labute approximate surface area is 177 Å². The van der Waals surface area contributed by atoms with E-state index in [9.17, 15) is 0 Å². The van der Waals surface area contributed by atoms with Crippen molar-refractivity contribution in [1.29, 1.82) is 0 Å². The van der Waals surface area contributed by atoms with Crippen LogP contribution in [0.3, 0.4) is 0 Å². The molecule has 8 nitrogen and oxygen atoms in total. The monoisotopic (exact) mass is 408 g/mol. The molecule has 0 aliphatic rings. The molecule has 0 radical (unpaired) electrons. The number of allylic oxidation sites excluding steroid dienone is 1. The van der Waals surface area contributed by atoms with Gasteiger partial charge in [-0.2, -0.15) is 10.2 Å². The van der Waals surface area contributed by atoms with Crippen LogP contribution >= 0.6 is 0 Å². The molecule has 0 bridgehead atoms. The SMILES string of the molecule is C=C(/C=c1/c(-c2nc3nccc(-c4cccnc4)c3[nH]2)n[nH]/c1=C/C)c1cnn(C)c1. The van der Waals surface area contributed by atoms with Gasteiger partial charge in [0.1, 0.15) is 5.69 Å². The second-order valence-corrected chi connectivity index (χ2v) is 7.14. The molecule has 152 valence electrons. The molecular formula is C23H20N8. The van der Waals surface area contributed by atoms with Crippen molar-refractivity contribution in [2.75, 3.05) is 0 Å². The maximum atomic E-state index is 4.71. The third-order valence-electron chi connectivity index (χ3n) is 5.11. The topological polar surface area (TPSA) is 101 Å². The first-order valence-electron chi connectivity index (χ1n) is 9.80. The van der Waals surface area contributed by atoms with Gasteiger partial charge in [0.15, 0.2) is 11.5 Å². The summed E-state index contributed by atoms with van der Waals surface area (Å²) in [6.07, 6.45) is 13.0. The van der Waals surface area contributed by atoms with Crippen molar-refractivity contribution in [3.8, 4) is 22.6 Å². The van der Waals surface area contributed by atoms with E-state index in [1.165, 1.54) is 0 Å². The largest absolute Gasteiger partial charge is 0.335 e. The van der Waals surface area contributed by atoms with Gasteiger partial charge in [0.25, 0.3) is 0 Å². The molecule has 2 N–H and O–H groups in total. The molecule has 0 unspecified atom stereocenters. The summed E-state index contributed by atoms with van der Waals surface area (Å²) in [5.41, 5.74) is 5.93. The second-order valence-electron chi connectivity index (χ2n) is 7.14. The van der Waals surface area contributed by atoms with Crippen molar-refractivity contribution in [3.63, 3.8) is 0 Å².